The van der Waals surface area contributed by atoms with Crippen LogP contribution in [0, 0.1) is 5.92 Å². The van der Waals surface area contributed by atoms with Crippen molar-refractivity contribution >= 4 is 27.7 Å². The SMILES string of the molecule is CC(C)C(Br)C(=O)N1CCN(C(=O)CN(C)C)CC1. The van der Waals surface area contributed by atoms with E-state index in [0.29, 0.717) is 32.7 Å². The smallest absolute Gasteiger partial charge is 0.236 e. The second-order valence-corrected chi connectivity index (χ2v) is 6.58. The van der Waals surface area contributed by atoms with Gasteiger partial charge in [-0.2, -0.15) is 0 Å². The fourth-order valence-corrected chi connectivity index (χ4v) is 2.30. The largest absolute Gasteiger partial charge is 0.338 e. The first-order valence-corrected chi connectivity index (χ1v) is 7.60. The van der Waals surface area contributed by atoms with E-state index in [1.807, 2.05) is 42.6 Å². The molecule has 0 bridgehead atoms. The Hall–Kier alpha value is -0.620. The van der Waals surface area contributed by atoms with Crippen LogP contribution in [0.3, 0.4) is 0 Å². The maximum Gasteiger partial charge on any atom is 0.236 e. The minimum Gasteiger partial charge on any atom is -0.338 e. The lowest BCUT2D eigenvalue weighted by molar-refractivity contribution is -0.139. The molecular weight excluding hydrogens is 310 g/mol. The van der Waals surface area contributed by atoms with Crippen LogP contribution in [0.4, 0.5) is 0 Å². The molecule has 1 fully saturated rings. The van der Waals surface area contributed by atoms with Crippen LogP contribution in [0.25, 0.3) is 0 Å². The minimum atomic E-state index is -0.128. The van der Waals surface area contributed by atoms with Crippen molar-refractivity contribution in [2.75, 3.05) is 46.8 Å². The lowest BCUT2D eigenvalue weighted by Gasteiger charge is -2.36. The number of nitrogens with zero attached hydrogens (tertiary/aromatic N) is 3. The molecule has 0 saturated carbocycles. The third-order valence-electron chi connectivity index (χ3n) is 3.22. The van der Waals surface area contributed by atoms with Crippen LogP contribution in [0.1, 0.15) is 13.8 Å². The number of halogens is 1. The fraction of sp³-hybridized carbons (Fsp3) is 0.846. The monoisotopic (exact) mass is 333 g/mol. The molecule has 0 aliphatic carbocycles. The summed E-state index contributed by atoms with van der Waals surface area (Å²) in [4.78, 5) is 29.5. The summed E-state index contributed by atoms with van der Waals surface area (Å²) in [6.07, 6.45) is 0. The van der Waals surface area contributed by atoms with Crippen LogP contribution in [-0.4, -0.2) is 78.2 Å². The third kappa shape index (κ3) is 4.76. The van der Waals surface area contributed by atoms with Crippen LogP contribution in [0.15, 0.2) is 0 Å². The predicted molar refractivity (Wildman–Crippen MR) is 79.3 cm³/mol. The van der Waals surface area contributed by atoms with Gasteiger partial charge in [0.05, 0.1) is 11.4 Å². The first-order chi connectivity index (χ1) is 8.82. The van der Waals surface area contributed by atoms with Gasteiger partial charge in [0.15, 0.2) is 0 Å². The molecule has 1 atom stereocenters. The molecule has 19 heavy (non-hydrogen) atoms. The summed E-state index contributed by atoms with van der Waals surface area (Å²) in [7, 11) is 3.77. The number of likely N-dealkylation sites (N-methyl/N-ethyl adjacent to an activating group) is 1. The molecule has 0 aromatic rings. The summed E-state index contributed by atoms with van der Waals surface area (Å²) >= 11 is 3.44. The zero-order chi connectivity index (χ0) is 14.6. The van der Waals surface area contributed by atoms with Gasteiger partial charge in [-0.05, 0) is 20.0 Å². The normalized spacial score (nSPS) is 18.1. The molecule has 5 nitrogen and oxygen atoms in total. The zero-order valence-electron chi connectivity index (χ0n) is 12.2. The third-order valence-corrected chi connectivity index (χ3v) is 4.67. The number of rotatable bonds is 4. The van der Waals surface area contributed by atoms with Crippen molar-refractivity contribution in [1.82, 2.24) is 14.7 Å². The molecule has 0 spiro atoms. The van der Waals surface area contributed by atoms with E-state index in [2.05, 4.69) is 15.9 Å². The fourth-order valence-electron chi connectivity index (χ4n) is 2.01. The highest BCUT2D eigenvalue weighted by atomic mass is 79.9. The number of piperazine rings is 1. The summed E-state index contributed by atoms with van der Waals surface area (Å²) < 4.78 is 0. The molecule has 110 valence electrons. The average molecular weight is 334 g/mol. The van der Waals surface area contributed by atoms with Gasteiger partial charge in [-0.15, -0.1) is 0 Å². The highest BCUT2D eigenvalue weighted by Crippen LogP contribution is 2.16. The van der Waals surface area contributed by atoms with Crippen molar-refractivity contribution in [3.05, 3.63) is 0 Å². The number of carbonyl (C=O) groups excluding carboxylic acids is 2. The van der Waals surface area contributed by atoms with Crippen LogP contribution >= 0.6 is 15.9 Å². The predicted octanol–water partition coefficient (Wildman–Crippen LogP) is 0.638. The quantitative estimate of drug-likeness (QED) is 0.709. The van der Waals surface area contributed by atoms with Gasteiger partial charge < -0.3 is 14.7 Å². The number of hydrogen-bond acceptors (Lipinski definition) is 3. The molecule has 1 unspecified atom stereocenters. The first kappa shape index (κ1) is 16.4. The second kappa shape index (κ2) is 7.24. The van der Waals surface area contributed by atoms with Gasteiger partial charge in [0.25, 0.3) is 0 Å². The van der Waals surface area contributed by atoms with Crippen LogP contribution in [0.5, 0.6) is 0 Å². The van der Waals surface area contributed by atoms with Gasteiger partial charge in [0.2, 0.25) is 11.8 Å². The van der Waals surface area contributed by atoms with E-state index in [0.717, 1.165) is 0 Å². The van der Waals surface area contributed by atoms with Gasteiger partial charge in [0, 0.05) is 26.2 Å². The molecule has 0 aromatic carbocycles. The Kier molecular flexibility index (Phi) is 6.26. The van der Waals surface area contributed by atoms with E-state index < -0.39 is 0 Å². The number of hydrogen-bond donors (Lipinski definition) is 0. The molecule has 1 heterocycles. The van der Waals surface area contributed by atoms with Crippen molar-refractivity contribution in [2.45, 2.75) is 18.7 Å². The summed E-state index contributed by atoms with van der Waals surface area (Å²) in [6.45, 7) is 7.01. The molecule has 0 N–H and O–H groups in total. The molecule has 0 aromatic heterocycles. The highest BCUT2D eigenvalue weighted by Gasteiger charge is 2.28. The lowest BCUT2D eigenvalue weighted by Crippen LogP contribution is -2.53. The molecule has 1 aliphatic heterocycles. The van der Waals surface area contributed by atoms with E-state index >= 15 is 0 Å². The van der Waals surface area contributed by atoms with Gasteiger partial charge in [-0.25, -0.2) is 0 Å². The summed E-state index contributed by atoms with van der Waals surface area (Å²) in [5, 5.41) is 0. The Balaban J connectivity index is 2.45. The second-order valence-electron chi connectivity index (χ2n) is 5.59. The maximum absolute atomic E-state index is 12.2. The van der Waals surface area contributed by atoms with E-state index in [-0.39, 0.29) is 22.6 Å². The van der Waals surface area contributed by atoms with Crippen LogP contribution < -0.4 is 0 Å². The molecule has 1 saturated heterocycles. The van der Waals surface area contributed by atoms with E-state index in [1.165, 1.54) is 0 Å². The standard InChI is InChI=1S/C13H24BrN3O2/c1-10(2)12(14)13(19)17-7-5-16(6-8-17)11(18)9-15(3)4/h10,12H,5-9H2,1-4H3. The Bertz CT molecular complexity index is 326. The number of alkyl halides is 1. The van der Waals surface area contributed by atoms with E-state index in [9.17, 15) is 9.59 Å². The van der Waals surface area contributed by atoms with Crippen LogP contribution in [-0.2, 0) is 9.59 Å². The molecule has 1 rings (SSSR count). The zero-order valence-corrected chi connectivity index (χ0v) is 13.8. The van der Waals surface area contributed by atoms with E-state index in [1.54, 1.807) is 0 Å². The Morgan fingerprint density at radius 3 is 2.00 bits per heavy atom. The minimum absolute atomic E-state index is 0.128. The van der Waals surface area contributed by atoms with Crippen molar-refractivity contribution in [1.29, 1.82) is 0 Å². The molecular formula is C13H24BrN3O2. The van der Waals surface area contributed by atoms with E-state index in [4.69, 9.17) is 0 Å². The maximum atomic E-state index is 12.2. The van der Waals surface area contributed by atoms with Crippen molar-refractivity contribution in [2.24, 2.45) is 5.92 Å². The summed E-state index contributed by atoms with van der Waals surface area (Å²) in [5.74, 6) is 0.548. The summed E-state index contributed by atoms with van der Waals surface area (Å²) in [6, 6.07) is 0. The van der Waals surface area contributed by atoms with Gasteiger partial charge in [-0.1, -0.05) is 29.8 Å². The van der Waals surface area contributed by atoms with Gasteiger partial charge >= 0.3 is 0 Å². The van der Waals surface area contributed by atoms with Gasteiger partial charge in [0.1, 0.15) is 0 Å². The van der Waals surface area contributed by atoms with Gasteiger partial charge in [-0.3, -0.25) is 9.59 Å². The number of carbonyl (C=O) groups is 2. The Morgan fingerprint density at radius 1 is 1.11 bits per heavy atom. The topological polar surface area (TPSA) is 43.9 Å². The Morgan fingerprint density at radius 2 is 1.58 bits per heavy atom. The lowest BCUT2D eigenvalue weighted by atomic mass is 10.1. The van der Waals surface area contributed by atoms with Crippen molar-refractivity contribution in [3.63, 3.8) is 0 Å². The Labute approximate surface area is 124 Å². The average Bonchev–Trinajstić information content (AvgIpc) is 2.36. The highest BCUT2D eigenvalue weighted by molar-refractivity contribution is 9.10. The molecule has 2 amide bonds. The first-order valence-electron chi connectivity index (χ1n) is 6.68. The summed E-state index contributed by atoms with van der Waals surface area (Å²) in [5.41, 5.74) is 0. The van der Waals surface area contributed by atoms with Crippen LogP contribution in [0.2, 0.25) is 0 Å². The molecule has 0 radical (unpaired) electrons. The number of amides is 2. The van der Waals surface area contributed by atoms with Crippen molar-refractivity contribution in [3.8, 4) is 0 Å². The molecule has 6 heteroatoms. The van der Waals surface area contributed by atoms with Crippen molar-refractivity contribution < 1.29 is 9.59 Å². The molecule has 1 aliphatic rings.